The summed E-state index contributed by atoms with van der Waals surface area (Å²) in [5.41, 5.74) is 2.84. The quantitative estimate of drug-likeness (QED) is 0.630. The molecular formula is C18H17ClN2OS. The molecule has 4 rings (SSSR count). The predicted molar refractivity (Wildman–Crippen MR) is 95.4 cm³/mol. The van der Waals surface area contributed by atoms with Crippen LogP contribution in [0.2, 0.25) is 5.02 Å². The zero-order valence-corrected chi connectivity index (χ0v) is 14.6. The molecule has 0 fully saturated rings. The highest BCUT2D eigenvalue weighted by Crippen LogP contribution is 2.36. The van der Waals surface area contributed by atoms with Crippen LogP contribution in [-0.4, -0.2) is 21.9 Å². The average Bonchev–Trinajstić information content (AvgIpc) is 3.13. The number of hydrogen-bond donors (Lipinski definition) is 0. The van der Waals surface area contributed by atoms with E-state index in [-0.39, 0.29) is 11.9 Å². The number of aryl methyl sites for hydroxylation is 1. The molecule has 0 aliphatic carbocycles. The summed E-state index contributed by atoms with van der Waals surface area (Å²) < 4.78 is 1.91. The molecule has 0 saturated heterocycles. The van der Waals surface area contributed by atoms with Gasteiger partial charge in [0.1, 0.15) is 5.69 Å². The van der Waals surface area contributed by atoms with Gasteiger partial charge in [0.25, 0.3) is 5.91 Å². The van der Waals surface area contributed by atoms with Crippen molar-refractivity contribution >= 4 is 39.7 Å². The lowest BCUT2D eigenvalue weighted by atomic mass is 10.0. The molecule has 1 atom stereocenters. The van der Waals surface area contributed by atoms with Crippen LogP contribution >= 0.6 is 22.9 Å². The molecule has 1 aliphatic heterocycles. The van der Waals surface area contributed by atoms with Crippen molar-refractivity contribution < 1.29 is 4.79 Å². The number of rotatable bonds is 1. The fraction of sp³-hybridized carbons (Fsp3) is 0.278. The number of aromatic nitrogens is 1. The van der Waals surface area contributed by atoms with Crippen LogP contribution in [0.1, 0.15) is 33.9 Å². The Labute approximate surface area is 144 Å². The van der Waals surface area contributed by atoms with Crippen LogP contribution < -0.4 is 0 Å². The Kier molecular flexibility index (Phi) is 3.47. The Morgan fingerprint density at radius 1 is 1.30 bits per heavy atom. The summed E-state index contributed by atoms with van der Waals surface area (Å²) in [4.78, 5) is 16.5. The zero-order chi connectivity index (χ0) is 16.1. The van der Waals surface area contributed by atoms with Crippen LogP contribution in [0.3, 0.4) is 0 Å². The van der Waals surface area contributed by atoms with E-state index in [1.807, 2.05) is 40.8 Å². The number of amides is 1. The first-order valence-electron chi connectivity index (χ1n) is 7.69. The lowest BCUT2D eigenvalue weighted by Crippen LogP contribution is -2.39. The van der Waals surface area contributed by atoms with Crippen LogP contribution in [-0.2, 0) is 13.5 Å². The van der Waals surface area contributed by atoms with Gasteiger partial charge in [-0.05, 0) is 36.4 Å². The van der Waals surface area contributed by atoms with E-state index in [2.05, 4.69) is 18.4 Å². The van der Waals surface area contributed by atoms with Crippen molar-refractivity contribution in [3.63, 3.8) is 0 Å². The van der Waals surface area contributed by atoms with Crippen LogP contribution in [0.4, 0.5) is 0 Å². The summed E-state index contributed by atoms with van der Waals surface area (Å²) >= 11 is 8.32. The van der Waals surface area contributed by atoms with Gasteiger partial charge in [0, 0.05) is 29.4 Å². The lowest BCUT2D eigenvalue weighted by molar-refractivity contribution is 0.0670. The summed E-state index contributed by atoms with van der Waals surface area (Å²) in [6.45, 7) is 2.84. The molecule has 0 bridgehead atoms. The maximum Gasteiger partial charge on any atom is 0.272 e. The van der Waals surface area contributed by atoms with E-state index in [1.165, 1.54) is 10.4 Å². The first-order chi connectivity index (χ1) is 11.1. The fourth-order valence-electron chi connectivity index (χ4n) is 3.51. The van der Waals surface area contributed by atoms with Crippen molar-refractivity contribution in [1.29, 1.82) is 0 Å². The van der Waals surface area contributed by atoms with Gasteiger partial charge >= 0.3 is 0 Å². The molecule has 0 radical (unpaired) electrons. The van der Waals surface area contributed by atoms with E-state index in [9.17, 15) is 4.79 Å². The van der Waals surface area contributed by atoms with Crippen molar-refractivity contribution in [3.8, 4) is 0 Å². The molecule has 118 valence electrons. The van der Waals surface area contributed by atoms with Crippen molar-refractivity contribution in [2.45, 2.75) is 19.4 Å². The minimum absolute atomic E-state index is 0.0121. The molecule has 3 heterocycles. The van der Waals surface area contributed by atoms with E-state index >= 15 is 0 Å². The normalized spacial score (nSPS) is 17.5. The highest BCUT2D eigenvalue weighted by Gasteiger charge is 2.32. The molecule has 0 spiro atoms. The molecule has 1 amide bonds. The van der Waals surface area contributed by atoms with Crippen LogP contribution in [0.5, 0.6) is 0 Å². The average molecular weight is 345 g/mol. The number of para-hydroxylation sites is 1. The van der Waals surface area contributed by atoms with Crippen molar-refractivity contribution in [2.24, 2.45) is 7.05 Å². The minimum Gasteiger partial charge on any atom is -0.338 e. The second-order valence-electron chi connectivity index (χ2n) is 5.96. The zero-order valence-electron chi connectivity index (χ0n) is 13.0. The maximum atomic E-state index is 13.2. The van der Waals surface area contributed by atoms with Gasteiger partial charge in [0.15, 0.2) is 0 Å². The Morgan fingerprint density at radius 3 is 2.87 bits per heavy atom. The number of carbonyl (C=O) groups excluding carboxylic acids is 1. The third-order valence-electron chi connectivity index (χ3n) is 4.79. The SMILES string of the molecule is C[C@@H]1c2ccsc2CCN1C(=O)c1c(Cl)c2ccccc2n1C. The van der Waals surface area contributed by atoms with Gasteiger partial charge in [-0.3, -0.25) is 4.79 Å². The van der Waals surface area contributed by atoms with Crippen LogP contribution in [0.25, 0.3) is 10.9 Å². The Morgan fingerprint density at radius 2 is 2.09 bits per heavy atom. The van der Waals surface area contributed by atoms with Gasteiger partial charge in [0.2, 0.25) is 0 Å². The summed E-state index contributed by atoms with van der Waals surface area (Å²) in [5.74, 6) is 0.0121. The predicted octanol–water partition coefficient (Wildman–Crippen LogP) is 4.65. The Hall–Kier alpha value is -1.78. The van der Waals surface area contributed by atoms with Gasteiger partial charge in [-0.2, -0.15) is 0 Å². The molecule has 0 saturated carbocycles. The summed E-state index contributed by atoms with van der Waals surface area (Å²) in [6, 6.07) is 10.1. The van der Waals surface area contributed by atoms with Gasteiger partial charge in [0.05, 0.1) is 11.1 Å². The molecule has 1 aliphatic rings. The summed E-state index contributed by atoms with van der Waals surface area (Å²) in [5, 5.41) is 3.59. The van der Waals surface area contributed by atoms with E-state index < -0.39 is 0 Å². The summed E-state index contributed by atoms with van der Waals surface area (Å²) in [7, 11) is 1.91. The third kappa shape index (κ3) is 2.12. The van der Waals surface area contributed by atoms with E-state index in [0.29, 0.717) is 10.7 Å². The smallest absolute Gasteiger partial charge is 0.272 e. The largest absolute Gasteiger partial charge is 0.338 e. The van der Waals surface area contributed by atoms with Gasteiger partial charge in [-0.25, -0.2) is 0 Å². The molecule has 3 nitrogen and oxygen atoms in total. The molecule has 3 aromatic rings. The molecule has 1 aromatic carbocycles. The number of hydrogen-bond acceptors (Lipinski definition) is 2. The number of halogens is 1. The fourth-order valence-corrected chi connectivity index (χ4v) is 4.84. The second-order valence-corrected chi connectivity index (χ2v) is 7.34. The molecule has 5 heteroatoms. The first-order valence-corrected chi connectivity index (χ1v) is 8.95. The topological polar surface area (TPSA) is 25.2 Å². The minimum atomic E-state index is 0.0121. The first kappa shape index (κ1) is 14.8. The standard InChI is InChI=1S/C18H17ClN2OS/c1-11-12-8-10-23-15(12)7-9-21(11)18(22)17-16(19)13-5-3-4-6-14(13)20(17)2/h3-6,8,10-11H,7,9H2,1-2H3/t11-/m1/s1. The van der Waals surface area contributed by atoms with Crippen molar-refractivity contribution in [3.05, 3.63) is 56.9 Å². The van der Waals surface area contributed by atoms with Crippen LogP contribution in [0.15, 0.2) is 35.7 Å². The lowest BCUT2D eigenvalue weighted by Gasteiger charge is -2.33. The van der Waals surface area contributed by atoms with Crippen molar-refractivity contribution in [2.75, 3.05) is 6.54 Å². The van der Waals surface area contributed by atoms with Crippen molar-refractivity contribution in [1.82, 2.24) is 9.47 Å². The van der Waals surface area contributed by atoms with E-state index in [1.54, 1.807) is 11.3 Å². The molecule has 0 N–H and O–H groups in total. The van der Waals surface area contributed by atoms with Gasteiger partial charge < -0.3 is 9.47 Å². The molecular weight excluding hydrogens is 328 g/mol. The van der Waals surface area contributed by atoms with E-state index in [4.69, 9.17) is 11.6 Å². The molecule has 0 unspecified atom stereocenters. The monoisotopic (exact) mass is 344 g/mol. The highest BCUT2D eigenvalue weighted by molar-refractivity contribution is 7.10. The summed E-state index contributed by atoms with van der Waals surface area (Å²) in [6.07, 6.45) is 0.921. The second kappa shape index (κ2) is 5.39. The Balaban J connectivity index is 1.79. The number of nitrogens with zero attached hydrogens (tertiary/aromatic N) is 2. The van der Waals surface area contributed by atoms with Gasteiger partial charge in [-0.15, -0.1) is 11.3 Å². The third-order valence-corrected chi connectivity index (χ3v) is 6.16. The highest BCUT2D eigenvalue weighted by atomic mass is 35.5. The van der Waals surface area contributed by atoms with Crippen LogP contribution in [0, 0.1) is 0 Å². The number of benzene rings is 1. The maximum absolute atomic E-state index is 13.2. The number of carbonyl (C=O) groups is 1. The van der Waals surface area contributed by atoms with E-state index in [0.717, 1.165) is 23.9 Å². The molecule has 23 heavy (non-hydrogen) atoms. The van der Waals surface area contributed by atoms with Gasteiger partial charge in [-0.1, -0.05) is 29.8 Å². The number of thiophene rings is 1. The molecule has 2 aromatic heterocycles. The Bertz CT molecular complexity index is 872. The number of fused-ring (bicyclic) bond motifs is 2.